The van der Waals surface area contributed by atoms with Crippen LogP contribution >= 0.6 is 11.6 Å². The van der Waals surface area contributed by atoms with Crippen LogP contribution < -0.4 is 4.74 Å². The molecule has 45 heavy (non-hydrogen) atoms. The summed E-state index contributed by atoms with van der Waals surface area (Å²) in [6, 6.07) is 21.0. The van der Waals surface area contributed by atoms with Crippen molar-refractivity contribution in [1.29, 1.82) is 0 Å². The van der Waals surface area contributed by atoms with Gasteiger partial charge in [-0.15, -0.1) is 0 Å². The molecule has 0 saturated heterocycles. The molecule has 2 aliphatic heterocycles. The summed E-state index contributed by atoms with van der Waals surface area (Å²) in [5, 5.41) is 19.2. The van der Waals surface area contributed by atoms with Crippen LogP contribution in [0.5, 0.6) is 5.75 Å². The topological polar surface area (TPSA) is 82.9 Å². The lowest BCUT2D eigenvalue weighted by Gasteiger charge is -2.30. The number of halogens is 1. The zero-order chi connectivity index (χ0) is 32.3. The van der Waals surface area contributed by atoms with Crippen LogP contribution in [0.3, 0.4) is 0 Å². The second kappa shape index (κ2) is 13.7. The average Bonchev–Trinajstić information content (AvgIpc) is 2.98. The molecule has 1 aromatic heterocycles. The molecule has 2 N–H and O–H groups in total. The van der Waals surface area contributed by atoms with Crippen LogP contribution in [0.15, 0.2) is 60.7 Å². The third-order valence-corrected chi connectivity index (χ3v) is 8.52. The lowest BCUT2D eigenvalue weighted by Crippen LogP contribution is -2.30. The molecule has 3 heterocycles. The molecule has 0 saturated carbocycles. The van der Waals surface area contributed by atoms with Gasteiger partial charge in [0.15, 0.2) is 0 Å². The van der Waals surface area contributed by atoms with Crippen molar-refractivity contribution in [2.45, 2.75) is 79.0 Å². The Labute approximate surface area is 271 Å². The molecule has 7 heteroatoms. The van der Waals surface area contributed by atoms with Crippen molar-refractivity contribution in [2.24, 2.45) is 0 Å². The zero-order valence-corrected chi connectivity index (χ0v) is 27.7. The largest absolute Gasteiger partial charge is 0.493 e. The molecule has 6 nitrogen and oxygen atoms in total. The molecule has 0 atom stereocenters. The average molecular weight is 627 g/mol. The molecule has 0 amide bonds. The van der Waals surface area contributed by atoms with Gasteiger partial charge < -0.3 is 14.9 Å². The Kier molecular flexibility index (Phi) is 9.97. The molecule has 0 bridgehead atoms. The first-order valence-electron chi connectivity index (χ1n) is 15.7. The van der Waals surface area contributed by atoms with Gasteiger partial charge in [-0.05, 0) is 117 Å². The van der Waals surface area contributed by atoms with E-state index in [1.165, 1.54) is 16.7 Å². The second-order valence-corrected chi connectivity index (χ2v) is 13.5. The lowest BCUT2D eigenvalue weighted by atomic mass is 9.85. The number of nitrogens with zero attached hydrogens (tertiary/aromatic N) is 2. The van der Waals surface area contributed by atoms with Crippen molar-refractivity contribution in [3.8, 4) is 28.0 Å². The predicted molar refractivity (Wildman–Crippen MR) is 181 cm³/mol. The number of aromatic nitrogens is 1. The van der Waals surface area contributed by atoms with E-state index in [1.54, 1.807) is 20.8 Å². The predicted octanol–water partition coefficient (Wildman–Crippen LogP) is 7.97. The lowest BCUT2D eigenvalue weighted by molar-refractivity contribution is -0.136. The molecule has 0 unspecified atom stereocenters. The fraction of sp³-hybridized carbons (Fsp3) is 0.368. The van der Waals surface area contributed by atoms with E-state index in [0.29, 0.717) is 0 Å². The van der Waals surface area contributed by atoms with Crippen molar-refractivity contribution < 1.29 is 19.7 Å². The molecular weight excluding hydrogens is 584 g/mol. The van der Waals surface area contributed by atoms with E-state index in [-0.39, 0.29) is 6.42 Å². The molecule has 4 aromatic rings. The number of hydrogen-bond donors (Lipinski definition) is 2. The van der Waals surface area contributed by atoms with Crippen LogP contribution in [0, 0.1) is 13.8 Å². The summed E-state index contributed by atoms with van der Waals surface area (Å²) >= 11 is 6.43. The number of carboxylic acid groups (broad SMARTS) is 1. The Morgan fingerprint density at radius 3 is 2.36 bits per heavy atom. The number of carbonyl (C=O) groups is 1. The van der Waals surface area contributed by atoms with E-state index < -0.39 is 11.6 Å². The number of ether oxygens (including phenoxy) is 1. The minimum absolute atomic E-state index is 0.0724. The molecule has 0 fully saturated rings. The number of pyridine rings is 1. The van der Waals surface area contributed by atoms with Crippen LogP contribution in [0.2, 0.25) is 5.02 Å². The summed E-state index contributed by atoms with van der Waals surface area (Å²) in [5.41, 5.74) is 11.0. The SMILES string of the molecule is CC(C)(C)O.Cc1nc(C)c(-c2ccc3c(c2)CCN(Cc2ccccc2Cl)C3)c(-c2ccc3c(c2)CCCO3)c1CC(=O)O. The molecule has 6 rings (SSSR count). The summed E-state index contributed by atoms with van der Waals surface area (Å²) in [5.74, 6) is 0.0697. The number of rotatable bonds is 6. The Morgan fingerprint density at radius 1 is 0.933 bits per heavy atom. The minimum Gasteiger partial charge on any atom is -0.493 e. The number of fused-ring (bicyclic) bond motifs is 2. The highest BCUT2D eigenvalue weighted by atomic mass is 35.5. The van der Waals surface area contributed by atoms with Gasteiger partial charge in [-0.3, -0.25) is 14.7 Å². The normalized spacial score (nSPS) is 14.5. The van der Waals surface area contributed by atoms with Gasteiger partial charge in [-0.25, -0.2) is 0 Å². The Morgan fingerprint density at radius 2 is 1.62 bits per heavy atom. The van der Waals surface area contributed by atoms with Gasteiger partial charge in [0, 0.05) is 41.6 Å². The zero-order valence-electron chi connectivity index (χ0n) is 26.9. The number of aliphatic carboxylic acids is 1. The minimum atomic E-state index is -0.855. The van der Waals surface area contributed by atoms with Crippen LogP contribution in [0.1, 0.15) is 66.4 Å². The molecule has 0 spiro atoms. The summed E-state index contributed by atoms with van der Waals surface area (Å²) < 4.78 is 5.87. The van der Waals surface area contributed by atoms with Gasteiger partial charge in [0.2, 0.25) is 0 Å². The van der Waals surface area contributed by atoms with Gasteiger partial charge in [0.05, 0.1) is 18.6 Å². The molecule has 0 aliphatic carbocycles. The maximum absolute atomic E-state index is 12.0. The monoisotopic (exact) mass is 626 g/mol. The first-order chi connectivity index (χ1) is 21.4. The summed E-state index contributed by atoms with van der Waals surface area (Å²) in [7, 11) is 0. The molecule has 2 aliphatic rings. The van der Waals surface area contributed by atoms with Crippen molar-refractivity contribution in [3.63, 3.8) is 0 Å². The number of hydrogen-bond acceptors (Lipinski definition) is 5. The fourth-order valence-electron chi connectivity index (χ4n) is 6.21. The van der Waals surface area contributed by atoms with Crippen LogP contribution in [0.4, 0.5) is 0 Å². The molecular formula is C38H43ClN2O4. The van der Waals surface area contributed by atoms with Crippen molar-refractivity contribution in [2.75, 3.05) is 13.2 Å². The van der Waals surface area contributed by atoms with Gasteiger partial charge >= 0.3 is 5.97 Å². The van der Waals surface area contributed by atoms with E-state index in [4.69, 9.17) is 26.4 Å². The highest BCUT2D eigenvalue weighted by molar-refractivity contribution is 6.31. The van der Waals surface area contributed by atoms with E-state index >= 15 is 0 Å². The van der Waals surface area contributed by atoms with Crippen LogP contribution in [-0.2, 0) is 37.1 Å². The van der Waals surface area contributed by atoms with Crippen molar-refractivity contribution >= 4 is 17.6 Å². The third kappa shape index (κ3) is 8.12. The summed E-state index contributed by atoms with van der Waals surface area (Å²) in [6.45, 7) is 12.6. The Bertz CT molecular complexity index is 1700. The fourth-order valence-corrected chi connectivity index (χ4v) is 6.41. The van der Waals surface area contributed by atoms with Gasteiger partial charge in [-0.2, -0.15) is 0 Å². The quantitative estimate of drug-likeness (QED) is 0.226. The van der Waals surface area contributed by atoms with Crippen LogP contribution in [0.25, 0.3) is 22.3 Å². The highest BCUT2D eigenvalue weighted by Crippen LogP contribution is 2.41. The first kappa shape index (κ1) is 32.7. The Balaban J connectivity index is 0.000000743. The summed E-state index contributed by atoms with van der Waals surface area (Å²) in [4.78, 5) is 19.3. The van der Waals surface area contributed by atoms with Gasteiger partial charge in [0.1, 0.15) is 5.75 Å². The maximum atomic E-state index is 12.0. The summed E-state index contributed by atoms with van der Waals surface area (Å²) in [6.07, 6.45) is 2.81. The molecule has 0 radical (unpaired) electrons. The van der Waals surface area contributed by atoms with Gasteiger partial charge in [-0.1, -0.05) is 54.1 Å². The van der Waals surface area contributed by atoms with E-state index in [2.05, 4.69) is 41.3 Å². The number of aliphatic hydroxyl groups is 1. The first-order valence-corrected chi connectivity index (χ1v) is 16.0. The van der Waals surface area contributed by atoms with Crippen molar-refractivity contribution in [1.82, 2.24) is 9.88 Å². The molecule has 3 aromatic carbocycles. The third-order valence-electron chi connectivity index (χ3n) is 8.15. The highest BCUT2D eigenvalue weighted by Gasteiger charge is 2.24. The van der Waals surface area contributed by atoms with Gasteiger partial charge in [0.25, 0.3) is 0 Å². The number of aryl methyl sites for hydroxylation is 3. The number of benzene rings is 3. The smallest absolute Gasteiger partial charge is 0.307 e. The molecule has 236 valence electrons. The maximum Gasteiger partial charge on any atom is 0.307 e. The van der Waals surface area contributed by atoms with E-state index in [9.17, 15) is 9.90 Å². The Hall–Kier alpha value is -3.71. The van der Waals surface area contributed by atoms with E-state index in [0.717, 1.165) is 101 Å². The van der Waals surface area contributed by atoms with Crippen molar-refractivity contribution in [3.05, 3.63) is 105 Å². The van der Waals surface area contributed by atoms with Crippen LogP contribution in [-0.4, -0.2) is 44.8 Å². The van der Waals surface area contributed by atoms with E-state index in [1.807, 2.05) is 38.1 Å². The number of carboxylic acids is 1. The standard InChI is InChI=1S/C34H33ClN2O3.C4H10O/c1-21-29(18-32(38)39)34(26-11-12-31-24(17-26)7-5-15-40-31)33(22(2)36-21)25-9-10-27-19-37(14-13-23(27)16-25)20-28-6-3-4-8-30(28)35;1-4(2,3)5/h3-4,6,8-12,16-17H,5,7,13-15,18-20H2,1-2H3,(H,38,39);5H,1-3H3. The second-order valence-electron chi connectivity index (χ2n) is 13.1.